The van der Waals surface area contributed by atoms with E-state index >= 15 is 0 Å². The summed E-state index contributed by atoms with van der Waals surface area (Å²) in [6.45, 7) is 2.21. The first kappa shape index (κ1) is 12.1. The predicted octanol–water partition coefficient (Wildman–Crippen LogP) is 1.09. The van der Waals surface area contributed by atoms with Gasteiger partial charge in [-0.2, -0.15) is 0 Å². The van der Waals surface area contributed by atoms with Crippen LogP contribution in [0.1, 0.15) is 12.0 Å². The molecule has 0 radical (unpaired) electrons. The Morgan fingerprint density at radius 1 is 1.47 bits per heavy atom. The highest BCUT2D eigenvalue weighted by Gasteiger charge is 2.32. The molecule has 0 spiro atoms. The first-order valence-corrected chi connectivity index (χ1v) is 6.46. The largest absolute Gasteiger partial charge is 0.316 e. The number of nitro benzene ring substituents is 1. The fourth-order valence-electron chi connectivity index (χ4n) is 2.80. The van der Waals surface area contributed by atoms with Crippen LogP contribution in [0.15, 0.2) is 18.2 Å². The molecule has 1 atom stereocenters. The number of non-ortho nitro benzene ring substituents is 1. The van der Waals surface area contributed by atoms with Gasteiger partial charge in [-0.3, -0.25) is 14.9 Å². The van der Waals surface area contributed by atoms with Crippen molar-refractivity contribution in [1.29, 1.82) is 0 Å². The second-order valence-corrected chi connectivity index (χ2v) is 5.00. The number of amides is 1. The van der Waals surface area contributed by atoms with Crippen molar-refractivity contribution in [1.82, 2.24) is 5.32 Å². The molecule has 2 aliphatic heterocycles. The van der Waals surface area contributed by atoms with Gasteiger partial charge in [-0.15, -0.1) is 0 Å². The molecule has 100 valence electrons. The molecule has 6 nitrogen and oxygen atoms in total. The molecular weight excluding hydrogens is 246 g/mol. The first-order chi connectivity index (χ1) is 9.16. The van der Waals surface area contributed by atoms with Gasteiger partial charge in [0.2, 0.25) is 5.91 Å². The standard InChI is InChI=1S/C13H15N3O3/c17-13(10-3-5-14-8-10)15-6-4-9-1-2-11(16(18)19)7-12(9)15/h1-2,7,10,14H,3-6,8H2. The van der Waals surface area contributed by atoms with Crippen molar-refractivity contribution >= 4 is 17.3 Å². The van der Waals surface area contributed by atoms with E-state index in [0.717, 1.165) is 24.9 Å². The third-order valence-electron chi connectivity index (χ3n) is 3.85. The van der Waals surface area contributed by atoms with Crippen molar-refractivity contribution in [3.8, 4) is 0 Å². The van der Waals surface area contributed by atoms with Crippen LogP contribution in [-0.2, 0) is 11.2 Å². The van der Waals surface area contributed by atoms with Crippen LogP contribution in [0.25, 0.3) is 0 Å². The number of rotatable bonds is 2. The Hall–Kier alpha value is -1.95. The molecule has 0 saturated carbocycles. The summed E-state index contributed by atoms with van der Waals surface area (Å²) in [5.74, 6) is 0.0921. The summed E-state index contributed by atoms with van der Waals surface area (Å²) in [7, 11) is 0. The predicted molar refractivity (Wildman–Crippen MR) is 70.1 cm³/mol. The van der Waals surface area contributed by atoms with Gasteiger partial charge in [0, 0.05) is 25.2 Å². The number of nitrogens with zero attached hydrogens (tertiary/aromatic N) is 2. The highest BCUT2D eigenvalue weighted by molar-refractivity contribution is 5.97. The maximum atomic E-state index is 12.4. The molecule has 0 aromatic heterocycles. The van der Waals surface area contributed by atoms with Crippen LogP contribution < -0.4 is 10.2 Å². The van der Waals surface area contributed by atoms with Gasteiger partial charge in [-0.25, -0.2) is 0 Å². The van der Waals surface area contributed by atoms with Gasteiger partial charge >= 0.3 is 0 Å². The molecule has 1 N–H and O–H groups in total. The number of nitrogens with one attached hydrogen (secondary N) is 1. The molecular formula is C13H15N3O3. The van der Waals surface area contributed by atoms with Crippen molar-refractivity contribution in [2.45, 2.75) is 12.8 Å². The zero-order chi connectivity index (χ0) is 13.4. The Bertz CT molecular complexity index is 538. The van der Waals surface area contributed by atoms with E-state index in [1.807, 2.05) is 0 Å². The molecule has 1 aromatic carbocycles. The molecule has 3 rings (SSSR count). The quantitative estimate of drug-likeness (QED) is 0.638. The van der Waals surface area contributed by atoms with Gasteiger partial charge in [0.05, 0.1) is 16.5 Å². The minimum atomic E-state index is -0.418. The Balaban J connectivity index is 1.89. The minimum Gasteiger partial charge on any atom is -0.316 e. The lowest BCUT2D eigenvalue weighted by Crippen LogP contribution is -2.35. The molecule has 2 aliphatic rings. The van der Waals surface area contributed by atoms with Crippen molar-refractivity contribution in [3.63, 3.8) is 0 Å². The van der Waals surface area contributed by atoms with E-state index in [-0.39, 0.29) is 17.5 Å². The molecule has 0 bridgehead atoms. The normalized spacial score (nSPS) is 21.5. The highest BCUT2D eigenvalue weighted by atomic mass is 16.6. The van der Waals surface area contributed by atoms with Crippen molar-refractivity contribution in [3.05, 3.63) is 33.9 Å². The summed E-state index contributed by atoms with van der Waals surface area (Å²) in [5, 5.41) is 14.0. The lowest BCUT2D eigenvalue weighted by atomic mass is 10.1. The summed E-state index contributed by atoms with van der Waals surface area (Å²) in [6, 6.07) is 4.78. The maximum absolute atomic E-state index is 12.4. The lowest BCUT2D eigenvalue weighted by molar-refractivity contribution is -0.384. The number of hydrogen-bond donors (Lipinski definition) is 1. The van der Waals surface area contributed by atoms with Gasteiger partial charge in [0.1, 0.15) is 0 Å². The van der Waals surface area contributed by atoms with Crippen molar-refractivity contribution < 1.29 is 9.72 Å². The smallest absolute Gasteiger partial charge is 0.271 e. The SMILES string of the molecule is O=C(C1CCNC1)N1CCc2ccc([N+](=O)[O-])cc21. The summed E-state index contributed by atoms with van der Waals surface area (Å²) in [4.78, 5) is 24.5. The number of benzene rings is 1. The summed E-state index contributed by atoms with van der Waals surface area (Å²) in [5.41, 5.74) is 1.78. The number of nitro groups is 1. The summed E-state index contributed by atoms with van der Waals surface area (Å²) >= 11 is 0. The average Bonchev–Trinajstić information content (AvgIpc) is 3.06. The lowest BCUT2D eigenvalue weighted by Gasteiger charge is -2.20. The van der Waals surface area contributed by atoms with E-state index < -0.39 is 4.92 Å². The van der Waals surface area contributed by atoms with E-state index in [2.05, 4.69) is 5.32 Å². The number of carbonyl (C=O) groups excluding carboxylic acids is 1. The van der Waals surface area contributed by atoms with Gasteiger partial charge in [0.15, 0.2) is 0 Å². The van der Waals surface area contributed by atoms with Crippen LogP contribution in [0.5, 0.6) is 0 Å². The van der Waals surface area contributed by atoms with Crippen LogP contribution in [0.3, 0.4) is 0 Å². The maximum Gasteiger partial charge on any atom is 0.271 e. The van der Waals surface area contributed by atoms with E-state index in [0.29, 0.717) is 18.8 Å². The van der Waals surface area contributed by atoms with Crippen LogP contribution in [0.2, 0.25) is 0 Å². The van der Waals surface area contributed by atoms with Crippen molar-refractivity contribution in [2.75, 3.05) is 24.5 Å². The third-order valence-corrected chi connectivity index (χ3v) is 3.85. The zero-order valence-electron chi connectivity index (χ0n) is 10.5. The van der Waals surface area contributed by atoms with Gasteiger partial charge in [-0.05, 0) is 24.9 Å². The minimum absolute atomic E-state index is 0.00483. The Labute approximate surface area is 110 Å². The summed E-state index contributed by atoms with van der Waals surface area (Å²) in [6.07, 6.45) is 1.62. The topological polar surface area (TPSA) is 75.5 Å². The molecule has 1 unspecified atom stereocenters. The van der Waals surface area contributed by atoms with Crippen LogP contribution in [0.4, 0.5) is 11.4 Å². The Morgan fingerprint density at radius 2 is 2.32 bits per heavy atom. The fourth-order valence-corrected chi connectivity index (χ4v) is 2.80. The Kier molecular flexibility index (Phi) is 2.94. The Morgan fingerprint density at radius 3 is 3.00 bits per heavy atom. The zero-order valence-corrected chi connectivity index (χ0v) is 10.5. The third kappa shape index (κ3) is 2.08. The highest BCUT2D eigenvalue weighted by Crippen LogP contribution is 2.33. The van der Waals surface area contributed by atoms with Gasteiger partial charge in [-0.1, -0.05) is 6.07 Å². The van der Waals surface area contributed by atoms with Crippen LogP contribution >= 0.6 is 0 Å². The molecule has 0 aliphatic carbocycles. The molecule has 1 saturated heterocycles. The van der Waals surface area contributed by atoms with E-state index in [4.69, 9.17) is 0 Å². The first-order valence-electron chi connectivity index (χ1n) is 6.46. The van der Waals surface area contributed by atoms with Crippen LogP contribution in [-0.4, -0.2) is 30.5 Å². The molecule has 2 heterocycles. The number of fused-ring (bicyclic) bond motifs is 1. The molecule has 1 aromatic rings. The number of anilines is 1. The molecule has 1 fully saturated rings. The second kappa shape index (κ2) is 4.62. The number of carbonyl (C=O) groups is 1. The van der Waals surface area contributed by atoms with Crippen LogP contribution in [0, 0.1) is 16.0 Å². The van der Waals surface area contributed by atoms with E-state index in [9.17, 15) is 14.9 Å². The number of hydrogen-bond acceptors (Lipinski definition) is 4. The van der Waals surface area contributed by atoms with Crippen molar-refractivity contribution in [2.24, 2.45) is 5.92 Å². The monoisotopic (exact) mass is 261 g/mol. The second-order valence-electron chi connectivity index (χ2n) is 5.00. The average molecular weight is 261 g/mol. The molecule has 1 amide bonds. The molecule has 6 heteroatoms. The van der Waals surface area contributed by atoms with E-state index in [1.54, 1.807) is 11.0 Å². The van der Waals surface area contributed by atoms with E-state index in [1.165, 1.54) is 12.1 Å². The van der Waals surface area contributed by atoms with Gasteiger partial charge < -0.3 is 10.2 Å². The van der Waals surface area contributed by atoms with Gasteiger partial charge in [0.25, 0.3) is 5.69 Å². The fraction of sp³-hybridized carbons (Fsp3) is 0.462. The molecule has 19 heavy (non-hydrogen) atoms. The summed E-state index contributed by atoms with van der Waals surface area (Å²) < 4.78 is 0.